The summed E-state index contributed by atoms with van der Waals surface area (Å²) in [6, 6.07) is 7.29. The van der Waals surface area contributed by atoms with Crippen LogP contribution in [-0.4, -0.2) is 28.2 Å². The van der Waals surface area contributed by atoms with Crippen molar-refractivity contribution >= 4 is 5.69 Å². The molecule has 0 saturated heterocycles. The van der Waals surface area contributed by atoms with Crippen LogP contribution in [0.1, 0.15) is 43.8 Å². The zero-order valence-electron chi connectivity index (χ0n) is 13.3. The normalized spacial score (nSPS) is 15.5. The van der Waals surface area contributed by atoms with Crippen LogP contribution in [0.15, 0.2) is 30.5 Å². The van der Waals surface area contributed by atoms with Crippen LogP contribution in [0.5, 0.6) is 5.75 Å². The quantitative estimate of drug-likeness (QED) is 0.789. The number of phenols is 1. The highest BCUT2D eigenvalue weighted by molar-refractivity contribution is 5.77. The van der Waals surface area contributed by atoms with E-state index in [-0.39, 0.29) is 5.75 Å². The largest absolute Gasteiger partial charge is 0.507 e. The van der Waals surface area contributed by atoms with Gasteiger partial charge in [-0.3, -0.25) is 0 Å². The Kier molecular flexibility index (Phi) is 5.08. The number of benzene rings is 1. The number of nitrogens with zero attached hydrogens (tertiary/aromatic N) is 2. The maximum absolute atomic E-state index is 10.2. The summed E-state index contributed by atoms with van der Waals surface area (Å²) in [5.41, 5.74) is 7.89. The Labute approximate surface area is 137 Å². The lowest BCUT2D eigenvalue weighted by Crippen LogP contribution is -2.15. The van der Waals surface area contributed by atoms with Crippen LogP contribution in [0.4, 0.5) is 5.69 Å². The molecule has 1 aromatic heterocycles. The Morgan fingerprint density at radius 3 is 2.70 bits per heavy atom. The molecule has 0 bridgehead atoms. The molecule has 3 rings (SSSR count). The molecule has 0 spiro atoms. The number of nitrogens with two attached hydrogens (primary N) is 1. The van der Waals surface area contributed by atoms with E-state index < -0.39 is 0 Å². The van der Waals surface area contributed by atoms with Gasteiger partial charge in [-0.25, -0.2) is 9.97 Å². The lowest BCUT2D eigenvalue weighted by atomic mass is 9.88. The molecule has 122 valence electrons. The van der Waals surface area contributed by atoms with Crippen molar-refractivity contribution in [3.63, 3.8) is 0 Å². The van der Waals surface area contributed by atoms with E-state index in [4.69, 9.17) is 10.7 Å². The van der Waals surface area contributed by atoms with E-state index in [9.17, 15) is 5.11 Å². The zero-order chi connectivity index (χ0) is 16.1. The van der Waals surface area contributed by atoms with Crippen LogP contribution in [0, 0.1) is 0 Å². The van der Waals surface area contributed by atoms with Crippen LogP contribution in [0.2, 0.25) is 0 Å². The lowest BCUT2D eigenvalue weighted by Gasteiger charge is -2.21. The van der Waals surface area contributed by atoms with E-state index in [1.165, 1.54) is 19.3 Å². The van der Waals surface area contributed by atoms with Gasteiger partial charge in [-0.1, -0.05) is 31.4 Å². The van der Waals surface area contributed by atoms with Crippen LogP contribution < -0.4 is 11.1 Å². The second-order valence-electron chi connectivity index (χ2n) is 6.06. The van der Waals surface area contributed by atoms with Crippen LogP contribution >= 0.6 is 0 Å². The summed E-state index contributed by atoms with van der Waals surface area (Å²) in [6.07, 6.45) is 7.92. The van der Waals surface area contributed by atoms with Gasteiger partial charge in [0.05, 0.1) is 11.9 Å². The van der Waals surface area contributed by atoms with E-state index in [1.54, 1.807) is 6.07 Å². The molecular weight excluding hydrogens is 288 g/mol. The van der Waals surface area contributed by atoms with Gasteiger partial charge in [0.15, 0.2) is 0 Å². The molecule has 0 amide bonds. The molecule has 0 radical (unpaired) electrons. The Balaban J connectivity index is 1.99. The van der Waals surface area contributed by atoms with Crippen molar-refractivity contribution in [2.45, 2.75) is 38.0 Å². The summed E-state index contributed by atoms with van der Waals surface area (Å²) in [6.45, 7) is 1.18. The molecule has 0 unspecified atom stereocenters. The molecule has 1 aromatic carbocycles. The molecule has 0 atom stereocenters. The number of hydrogen-bond acceptors (Lipinski definition) is 5. The molecule has 1 aliphatic rings. The second-order valence-corrected chi connectivity index (χ2v) is 6.06. The van der Waals surface area contributed by atoms with Crippen LogP contribution in [-0.2, 0) is 0 Å². The number of hydrogen-bond donors (Lipinski definition) is 3. The number of aromatic nitrogens is 2. The third-order valence-corrected chi connectivity index (χ3v) is 4.40. The van der Waals surface area contributed by atoms with E-state index in [1.807, 2.05) is 24.4 Å². The summed E-state index contributed by atoms with van der Waals surface area (Å²) in [5, 5.41) is 13.5. The SMILES string of the molecule is NCCNc1cnc(C2CCCCC2)nc1-c1ccccc1O. The fourth-order valence-corrected chi connectivity index (χ4v) is 3.17. The lowest BCUT2D eigenvalue weighted by molar-refractivity contribution is 0.429. The van der Waals surface area contributed by atoms with Crippen molar-refractivity contribution in [1.82, 2.24) is 9.97 Å². The summed E-state index contributed by atoms with van der Waals surface area (Å²) >= 11 is 0. The van der Waals surface area contributed by atoms with E-state index in [0.29, 0.717) is 19.0 Å². The Bertz CT molecular complexity index is 653. The highest BCUT2D eigenvalue weighted by atomic mass is 16.3. The van der Waals surface area contributed by atoms with Gasteiger partial charge in [0.25, 0.3) is 0 Å². The number of nitrogens with one attached hydrogen (secondary N) is 1. The number of phenolic OH excluding ortho intramolecular Hbond substituents is 1. The second kappa shape index (κ2) is 7.42. The topological polar surface area (TPSA) is 84.1 Å². The summed E-state index contributed by atoms with van der Waals surface area (Å²) in [4.78, 5) is 9.38. The molecule has 1 fully saturated rings. The molecule has 1 aliphatic carbocycles. The summed E-state index contributed by atoms with van der Waals surface area (Å²) in [7, 11) is 0. The monoisotopic (exact) mass is 312 g/mol. The standard InChI is InChI=1S/C18H24N4O/c19-10-11-20-15-12-21-18(13-6-2-1-3-7-13)22-17(15)14-8-4-5-9-16(14)23/h4-5,8-9,12-13,20,23H,1-3,6-7,10-11,19H2. The Morgan fingerprint density at radius 1 is 1.17 bits per heavy atom. The maximum atomic E-state index is 10.2. The minimum Gasteiger partial charge on any atom is -0.507 e. The first-order valence-electron chi connectivity index (χ1n) is 8.39. The Hall–Kier alpha value is -2.14. The van der Waals surface area contributed by atoms with Gasteiger partial charge in [0, 0.05) is 24.6 Å². The summed E-state index contributed by atoms with van der Waals surface area (Å²) in [5.74, 6) is 1.55. The van der Waals surface area contributed by atoms with Crippen molar-refractivity contribution in [2.75, 3.05) is 18.4 Å². The first-order valence-corrected chi connectivity index (χ1v) is 8.39. The minimum absolute atomic E-state index is 0.233. The molecule has 5 heteroatoms. The van der Waals surface area contributed by atoms with Crippen molar-refractivity contribution in [3.8, 4) is 17.0 Å². The minimum atomic E-state index is 0.233. The van der Waals surface area contributed by atoms with Gasteiger partial charge in [0.2, 0.25) is 0 Å². The number of aromatic hydroxyl groups is 1. The maximum Gasteiger partial charge on any atom is 0.132 e. The van der Waals surface area contributed by atoms with Crippen LogP contribution in [0.3, 0.4) is 0 Å². The number of rotatable bonds is 5. The molecular formula is C18H24N4O. The average Bonchev–Trinajstić information content (AvgIpc) is 2.61. The molecule has 1 heterocycles. The van der Waals surface area contributed by atoms with Gasteiger partial charge >= 0.3 is 0 Å². The molecule has 5 nitrogen and oxygen atoms in total. The molecule has 4 N–H and O–H groups in total. The predicted molar refractivity (Wildman–Crippen MR) is 92.5 cm³/mol. The first-order chi connectivity index (χ1) is 11.3. The third-order valence-electron chi connectivity index (χ3n) is 4.40. The summed E-state index contributed by atoms with van der Waals surface area (Å²) < 4.78 is 0. The molecule has 2 aromatic rings. The van der Waals surface area contributed by atoms with Crippen LogP contribution in [0.25, 0.3) is 11.3 Å². The van der Waals surface area contributed by atoms with Gasteiger partial charge in [-0.15, -0.1) is 0 Å². The zero-order valence-corrected chi connectivity index (χ0v) is 13.3. The van der Waals surface area contributed by atoms with E-state index in [2.05, 4.69) is 10.3 Å². The van der Waals surface area contributed by atoms with Gasteiger partial charge < -0.3 is 16.2 Å². The highest BCUT2D eigenvalue weighted by Gasteiger charge is 2.20. The smallest absolute Gasteiger partial charge is 0.132 e. The van der Waals surface area contributed by atoms with Gasteiger partial charge in [0.1, 0.15) is 17.3 Å². The number of para-hydroxylation sites is 1. The fraction of sp³-hybridized carbons (Fsp3) is 0.444. The molecule has 0 aliphatic heterocycles. The predicted octanol–water partition coefficient (Wildman–Crippen LogP) is 3.27. The van der Waals surface area contributed by atoms with Gasteiger partial charge in [-0.2, -0.15) is 0 Å². The highest BCUT2D eigenvalue weighted by Crippen LogP contribution is 2.36. The van der Waals surface area contributed by atoms with Crippen molar-refractivity contribution < 1.29 is 5.11 Å². The first kappa shape index (κ1) is 15.7. The van der Waals surface area contributed by atoms with Gasteiger partial charge in [-0.05, 0) is 25.0 Å². The average molecular weight is 312 g/mol. The number of anilines is 1. The fourth-order valence-electron chi connectivity index (χ4n) is 3.17. The molecule has 23 heavy (non-hydrogen) atoms. The molecule has 1 saturated carbocycles. The van der Waals surface area contributed by atoms with Crippen molar-refractivity contribution in [3.05, 3.63) is 36.3 Å². The third kappa shape index (κ3) is 3.62. The van der Waals surface area contributed by atoms with Crippen molar-refractivity contribution in [1.29, 1.82) is 0 Å². The van der Waals surface area contributed by atoms with E-state index in [0.717, 1.165) is 35.6 Å². The Morgan fingerprint density at radius 2 is 1.96 bits per heavy atom. The van der Waals surface area contributed by atoms with E-state index >= 15 is 0 Å². The van der Waals surface area contributed by atoms with Crippen molar-refractivity contribution in [2.24, 2.45) is 5.73 Å².